The standard InChI is InChI=1S/C32H42F12O2/c1-3-5-7-9-11-13-15-17-22-45-27(29(33,34)35,30(36,37)38)25-20-19-21-26(24-25)28(31(39,40)41,32(42,43)44)46-23-18-16-14-12-10-8-6-4-2/h3-4,19-21,24H,1-2,5-18,22-23H2. The highest BCUT2D eigenvalue weighted by molar-refractivity contribution is 5.37. The van der Waals surface area contributed by atoms with Crippen molar-refractivity contribution < 1.29 is 62.2 Å². The molecule has 0 saturated carbocycles. The minimum atomic E-state index is -6.31. The first-order valence-corrected chi connectivity index (χ1v) is 15.2. The molecular formula is C32H42F12O2. The second-order valence-electron chi connectivity index (χ2n) is 11.0. The van der Waals surface area contributed by atoms with E-state index in [-0.39, 0.29) is 43.9 Å². The lowest BCUT2D eigenvalue weighted by molar-refractivity contribution is -0.391. The average molecular weight is 687 g/mol. The molecule has 0 aliphatic rings. The van der Waals surface area contributed by atoms with E-state index in [2.05, 4.69) is 22.6 Å². The van der Waals surface area contributed by atoms with Gasteiger partial charge in [-0.3, -0.25) is 0 Å². The number of alkyl halides is 12. The molecule has 2 nitrogen and oxygen atoms in total. The number of ether oxygens (including phenoxy) is 2. The lowest BCUT2D eigenvalue weighted by Gasteiger charge is -2.40. The van der Waals surface area contributed by atoms with Gasteiger partial charge in [0.25, 0.3) is 11.2 Å². The average Bonchev–Trinajstić information content (AvgIpc) is 2.92. The van der Waals surface area contributed by atoms with Gasteiger partial charge in [0.05, 0.1) is 0 Å². The third-order valence-electron chi connectivity index (χ3n) is 7.51. The van der Waals surface area contributed by atoms with Crippen LogP contribution in [0.5, 0.6) is 0 Å². The van der Waals surface area contributed by atoms with Crippen LogP contribution in [0.1, 0.15) is 101 Å². The van der Waals surface area contributed by atoms with Gasteiger partial charge in [-0.25, -0.2) is 0 Å². The summed E-state index contributed by atoms with van der Waals surface area (Å²) >= 11 is 0. The van der Waals surface area contributed by atoms with Gasteiger partial charge in [-0.1, -0.05) is 81.7 Å². The van der Waals surface area contributed by atoms with Crippen LogP contribution in [-0.2, 0) is 20.7 Å². The molecule has 0 saturated heterocycles. The molecule has 0 bridgehead atoms. The van der Waals surface area contributed by atoms with Gasteiger partial charge in [0.2, 0.25) is 0 Å². The zero-order valence-electron chi connectivity index (χ0n) is 25.5. The summed E-state index contributed by atoms with van der Waals surface area (Å²) in [4.78, 5) is 0. The Hall–Kier alpha value is -2.22. The number of hydrogen-bond acceptors (Lipinski definition) is 2. The van der Waals surface area contributed by atoms with Crippen molar-refractivity contribution in [3.8, 4) is 0 Å². The molecule has 0 amide bonds. The van der Waals surface area contributed by atoms with Crippen molar-refractivity contribution >= 4 is 0 Å². The van der Waals surface area contributed by atoms with Crippen molar-refractivity contribution in [2.75, 3.05) is 13.2 Å². The summed E-state index contributed by atoms with van der Waals surface area (Å²) in [6.45, 7) is 4.91. The predicted molar refractivity (Wildman–Crippen MR) is 151 cm³/mol. The summed E-state index contributed by atoms with van der Waals surface area (Å²) in [5.74, 6) is 0. The fourth-order valence-corrected chi connectivity index (χ4v) is 5.07. The van der Waals surface area contributed by atoms with E-state index in [9.17, 15) is 52.7 Å². The lowest BCUT2D eigenvalue weighted by Crippen LogP contribution is -2.57. The topological polar surface area (TPSA) is 18.5 Å². The second kappa shape index (κ2) is 18.4. The van der Waals surface area contributed by atoms with Crippen LogP contribution >= 0.6 is 0 Å². The molecule has 14 heteroatoms. The van der Waals surface area contributed by atoms with Crippen LogP contribution in [0.4, 0.5) is 52.7 Å². The zero-order valence-corrected chi connectivity index (χ0v) is 25.5. The molecular weight excluding hydrogens is 644 g/mol. The maximum absolute atomic E-state index is 14.3. The Balaban J connectivity index is 3.40. The Labute approximate surface area is 262 Å². The number of benzene rings is 1. The molecule has 1 rings (SSSR count). The van der Waals surface area contributed by atoms with Gasteiger partial charge in [-0.15, -0.1) is 13.2 Å². The molecule has 0 spiro atoms. The predicted octanol–water partition coefficient (Wildman–Crippen LogP) is 12.2. The molecule has 0 aliphatic heterocycles. The van der Waals surface area contributed by atoms with E-state index in [4.69, 9.17) is 0 Å². The normalized spacial score (nSPS) is 13.7. The maximum Gasteiger partial charge on any atom is 0.430 e. The second-order valence-corrected chi connectivity index (χ2v) is 11.0. The highest BCUT2D eigenvalue weighted by Gasteiger charge is 2.76. The molecule has 0 unspecified atom stereocenters. The molecule has 1 aromatic carbocycles. The van der Waals surface area contributed by atoms with E-state index in [1.54, 1.807) is 12.2 Å². The summed E-state index contributed by atoms with van der Waals surface area (Å²) in [5, 5.41) is 0. The largest absolute Gasteiger partial charge is 0.430 e. The quantitative estimate of drug-likeness (QED) is 0.0687. The van der Waals surface area contributed by atoms with E-state index in [1.165, 1.54) is 0 Å². The Morgan fingerprint density at radius 3 is 1.02 bits per heavy atom. The number of rotatable bonds is 22. The molecule has 1 aromatic rings. The van der Waals surface area contributed by atoms with Gasteiger partial charge in [0.15, 0.2) is 0 Å². The van der Waals surface area contributed by atoms with E-state index < -0.39 is 66.3 Å². The fraction of sp³-hybridized carbons (Fsp3) is 0.688. The molecule has 0 fully saturated rings. The minimum absolute atomic E-state index is 0.147. The third-order valence-corrected chi connectivity index (χ3v) is 7.51. The minimum Gasteiger partial charge on any atom is -0.354 e. The maximum atomic E-state index is 14.3. The number of unbranched alkanes of at least 4 members (excludes halogenated alkanes) is 12. The van der Waals surface area contributed by atoms with Gasteiger partial charge in [-0.2, -0.15) is 52.7 Å². The van der Waals surface area contributed by atoms with Crippen molar-refractivity contribution in [3.05, 3.63) is 60.7 Å². The van der Waals surface area contributed by atoms with Gasteiger partial charge in [0, 0.05) is 24.3 Å². The number of allylic oxidation sites excluding steroid dienone is 2. The van der Waals surface area contributed by atoms with Crippen molar-refractivity contribution in [2.24, 2.45) is 0 Å². The first kappa shape index (κ1) is 41.8. The first-order chi connectivity index (χ1) is 21.3. The SMILES string of the molecule is C=CCCCCCCCCOC(c1cccc(C(OCCCCCCCCC=C)(C(F)(F)F)C(F)(F)F)c1)(C(F)(F)F)C(F)(F)F. The monoisotopic (exact) mass is 686 g/mol. The summed E-state index contributed by atoms with van der Waals surface area (Å²) in [5.41, 5.74) is -14.4. The Morgan fingerprint density at radius 2 is 0.739 bits per heavy atom. The Bertz CT molecular complexity index is 920. The molecule has 0 aromatic heterocycles. The number of halogens is 12. The molecule has 0 radical (unpaired) electrons. The van der Waals surface area contributed by atoms with Crippen LogP contribution in [0.25, 0.3) is 0 Å². The van der Waals surface area contributed by atoms with Crippen LogP contribution in [0.15, 0.2) is 49.6 Å². The summed E-state index contributed by atoms with van der Waals surface area (Å²) in [6.07, 6.45) is -15.1. The van der Waals surface area contributed by atoms with Gasteiger partial charge in [0.1, 0.15) is 0 Å². The lowest BCUT2D eigenvalue weighted by atomic mass is 9.85. The molecule has 0 atom stereocenters. The van der Waals surface area contributed by atoms with Crippen LogP contribution in [0.3, 0.4) is 0 Å². The van der Waals surface area contributed by atoms with Gasteiger partial charge in [-0.05, 0) is 44.6 Å². The van der Waals surface area contributed by atoms with E-state index in [1.807, 2.05) is 0 Å². The van der Waals surface area contributed by atoms with E-state index in [0.717, 1.165) is 38.5 Å². The van der Waals surface area contributed by atoms with Crippen molar-refractivity contribution in [2.45, 2.75) is 126 Å². The summed E-state index contributed by atoms with van der Waals surface area (Å²) in [7, 11) is 0. The molecule has 0 N–H and O–H groups in total. The van der Waals surface area contributed by atoms with Crippen LogP contribution in [-0.4, -0.2) is 37.9 Å². The van der Waals surface area contributed by atoms with Gasteiger partial charge >= 0.3 is 24.7 Å². The molecule has 266 valence electrons. The fourth-order valence-electron chi connectivity index (χ4n) is 5.07. The Morgan fingerprint density at radius 1 is 0.457 bits per heavy atom. The van der Waals surface area contributed by atoms with Crippen LogP contribution < -0.4 is 0 Å². The van der Waals surface area contributed by atoms with E-state index in [0.29, 0.717) is 25.7 Å². The van der Waals surface area contributed by atoms with Crippen LogP contribution in [0.2, 0.25) is 0 Å². The highest BCUT2D eigenvalue weighted by atomic mass is 19.4. The number of hydrogen-bond donors (Lipinski definition) is 0. The Kier molecular flexibility index (Phi) is 16.7. The zero-order chi connectivity index (χ0) is 35.1. The van der Waals surface area contributed by atoms with Gasteiger partial charge < -0.3 is 9.47 Å². The summed E-state index contributed by atoms with van der Waals surface area (Å²) in [6, 6.07) is 0.144. The van der Waals surface area contributed by atoms with Crippen molar-refractivity contribution in [1.29, 1.82) is 0 Å². The smallest absolute Gasteiger partial charge is 0.354 e. The van der Waals surface area contributed by atoms with Crippen molar-refractivity contribution in [3.63, 3.8) is 0 Å². The van der Waals surface area contributed by atoms with Crippen molar-refractivity contribution in [1.82, 2.24) is 0 Å². The molecule has 46 heavy (non-hydrogen) atoms. The summed E-state index contributed by atoms with van der Waals surface area (Å²) < 4.78 is 180. The first-order valence-electron chi connectivity index (χ1n) is 15.2. The molecule has 0 aliphatic carbocycles. The van der Waals surface area contributed by atoms with E-state index >= 15 is 0 Å². The van der Waals surface area contributed by atoms with Crippen LogP contribution in [0, 0.1) is 0 Å². The molecule has 0 heterocycles. The third kappa shape index (κ3) is 10.9. The highest BCUT2D eigenvalue weighted by Crippen LogP contribution is 2.56.